The Labute approximate surface area is 115 Å². The van der Waals surface area contributed by atoms with Gasteiger partial charge in [-0.05, 0) is 26.2 Å². The molecule has 1 aromatic rings. The lowest BCUT2D eigenvalue weighted by molar-refractivity contribution is -0.132. The van der Waals surface area contributed by atoms with Crippen LogP contribution in [-0.4, -0.2) is 36.0 Å². The number of furan rings is 1. The van der Waals surface area contributed by atoms with Crippen molar-refractivity contribution in [3.63, 3.8) is 0 Å². The average Bonchev–Trinajstić information content (AvgIpc) is 2.73. The zero-order chi connectivity index (χ0) is 14.3. The van der Waals surface area contributed by atoms with E-state index in [0.29, 0.717) is 18.1 Å². The first-order valence-corrected chi connectivity index (χ1v) is 6.35. The van der Waals surface area contributed by atoms with E-state index in [1.165, 1.54) is 0 Å². The minimum atomic E-state index is -1.19. The normalized spacial score (nSPS) is 11.1. The first kappa shape index (κ1) is 15.3. The molecule has 0 saturated heterocycles. The van der Waals surface area contributed by atoms with Crippen LogP contribution in [0.25, 0.3) is 0 Å². The Hall–Kier alpha value is -1.73. The number of hydrogen-bond donors (Lipinski definition) is 1. The fourth-order valence-corrected chi connectivity index (χ4v) is 1.71. The molecule has 6 nitrogen and oxygen atoms in total. The van der Waals surface area contributed by atoms with Crippen LogP contribution < -0.4 is 0 Å². The summed E-state index contributed by atoms with van der Waals surface area (Å²) in [7, 11) is 3.88. The highest BCUT2D eigenvalue weighted by atomic mass is 32.2. The summed E-state index contributed by atoms with van der Waals surface area (Å²) in [5.74, 6) is -0.0107. The van der Waals surface area contributed by atoms with Crippen molar-refractivity contribution in [3.8, 4) is 0 Å². The maximum atomic E-state index is 11.1. The smallest absolute Gasteiger partial charge is 0.343 e. The minimum Gasteiger partial charge on any atom is -0.478 e. The van der Waals surface area contributed by atoms with Crippen LogP contribution in [0.15, 0.2) is 28.7 Å². The zero-order valence-corrected chi connectivity index (χ0v) is 11.5. The number of carboxylic acid groups (broad SMARTS) is 1. The number of rotatable bonds is 7. The molecule has 19 heavy (non-hydrogen) atoms. The van der Waals surface area contributed by atoms with Crippen LogP contribution in [0, 0.1) is 0 Å². The number of carbonyl (C=O) groups is 2. The van der Waals surface area contributed by atoms with Gasteiger partial charge in [0.05, 0.1) is 24.3 Å². The SMILES string of the molecule is CN(C)Cc1ccc(CSOC(=O)/C=C\C(=O)O)o1. The molecule has 0 spiro atoms. The maximum Gasteiger partial charge on any atom is 0.343 e. The Morgan fingerprint density at radius 3 is 2.68 bits per heavy atom. The van der Waals surface area contributed by atoms with Crippen molar-refractivity contribution in [2.24, 2.45) is 0 Å². The van der Waals surface area contributed by atoms with Crippen LogP contribution in [0.4, 0.5) is 0 Å². The highest BCUT2D eigenvalue weighted by Gasteiger charge is 2.05. The van der Waals surface area contributed by atoms with Gasteiger partial charge in [-0.3, -0.25) is 0 Å². The van der Waals surface area contributed by atoms with Gasteiger partial charge in [0.1, 0.15) is 11.5 Å². The molecule has 1 rings (SSSR count). The average molecular weight is 285 g/mol. The second-order valence-electron chi connectivity index (χ2n) is 3.94. The third-order valence-corrected chi connectivity index (χ3v) is 2.58. The van der Waals surface area contributed by atoms with Crippen molar-refractivity contribution in [2.75, 3.05) is 14.1 Å². The van der Waals surface area contributed by atoms with Crippen LogP contribution in [0.5, 0.6) is 0 Å². The highest BCUT2D eigenvalue weighted by molar-refractivity contribution is 7.94. The Morgan fingerprint density at radius 1 is 1.37 bits per heavy atom. The summed E-state index contributed by atoms with van der Waals surface area (Å²) < 4.78 is 10.3. The molecule has 104 valence electrons. The van der Waals surface area contributed by atoms with E-state index >= 15 is 0 Å². The predicted octanol–water partition coefficient (Wildman–Crippen LogP) is 1.67. The molecule has 1 N–H and O–H groups in total. The third-order valence-electron chi connectivity index (χ3n) is 1.89. The predicted molar refractivity (Wildman–Crippen MR) is 70.3 cm³/mol. The fourth-order valence-electron chi connectivity index (χ4n) is 1.21. The van der Waals surface area contributed by atoms with Crippen LogP contribution in [0.2, 0.25) is 0 Å². The molecule has 0 aliphatic carbocycles. The van der Waals surface area contributed by atoms with Crippen molar-refractivity contribution in [3.05, 3.63) is 35.8 Å². The maximum absolute atomic E-state index is 11.1. The molecule has 0 fully saturated rings. The molecule has 0 unspecified atom stereocenters. The Bertz CT molecular complexity index is 466. The van der Waals surface area contributed by atoms with Crippen molar-refractivity contribution in [1.82, 2.24) is 4.90 Å². The first-order chi connectivity index (χ1) is 8.97. The molecule has 0 aliphatic heterocycles. The second kappa shape index (κ2) is 7.65. The van der Waals surface area contributed by atoms with E-state index in [1.54, 1.807) is 0 Å². The molecule has 0 atom stereocenters. The largest absolute Gasteiger partial charge is 0.478 e. The van der Waals surface area contributed by atoms with Gasteiger partial charge in [-0.25, -0.2) is 9.59 Å². The summed E-state index contributed by atoms with van der Waals surface area (Å²) in [5.41, 5.74) is 0. The third kappa shape index (κ3) is 6.68. The summed E-state index contributed by atoms with van der Waals surface area (Å²) in [4.78, 5) is 23.2. The van der Waals surface area contributed by atoms with Gasteiger partial charge in [0.15, 0.2) is 0 Å². The summed E-state index contributed by atoms with van der Waals surface area (Å²) in [5, 5.41) is 8.32. The topological polar surface area (TPSA) is 80.0 Å². The lowest BCUT2D eigenvalue weighted by Crippen LogP contribution is -2.09. The molecule has 1 heterocycles. The number of nitrogens with zero attached hydrogens (tertiary/aromatic N) is 1. The van der Waals surface area contributed by atoms with E-state index in [0.717, 1.165) is 30.0 Å². The molecule has 0 aromatic carbocycles. The van der Waals surface area contributed by atoms with E-state index in [1.807, 2.05) is 31.1 Å². The van der Waals surface area contributed by atoms with Gasteiger partial charge in [0, 0.05) is 12.2 Å². The molecule has 1 aromatic heterocycles. The van der Waals surface area contributed by atoms with Crippen LogP contribution in [0.1, 0.15) is 11.5 Å². The Morgan fingerprint density at radius 2 is 2.05 bits per heavy atom. The summed E-state index contributed by atoms with van der Waals surface area (Å²) in [6.07, 6.45) is 1.58. The van der Waals surface area contributed by atoms with E-state index in [-0.39, 0.29) is 0 Å². The lowest BCUT2D eigenvalue weighted by Gasteiger charge is -2.05. The number of carbonyl (C=O) groups excluding carboxylic acids is 1. The summed E-state index contributed by atoms with van der Waals surface area (Å²) >= 11 is 0.897. The van der Waals surface area contributed by atoms with Crippen molar-refractivity contribution in [1.29, 1.82) is 0 Å². The van der Waals surface area contributed by atoms with E-state index in [2.05, 4.69) is 0 Å². The fraction of sp³-hybridized carbons (Fsp3) is 0.333. The summed E-state index contributed by atoms with van der Waals surface area (Å²) in [6, 6.07) is 3.68. The van der Waals surface area contributed by atoms with Gasteiger partial charge in [-0.15, -0.1) is 0 Å². The molecule has 0 radical (unpaired) electrons. The second-order valence-corrected chi connectivity index (χ2v) is 4.63. The Kier molecular flexibility index (Phi) is 6.17. The van der Waals surface area contributed by atoms with Gasteiger partial charge >= 0.3 is 11.9 Å². The van der Waals surface area contributed by atoms with Crippen LogP contribution >= 0.6 is 12.0 Å². The molecule has 7 heteroatoms. The first-order valence-electron chi connectivity index (χ1n) is 5.44. The number of aliphatic carboxylic acids is 1. The Balaban J connectivity index is 2.31. The van der Waals surface area contributed by atoms with Gasteiger partial charge in [0.25, 0.3) is 0 Å². The van der Waals surface area contributed by atoms with Crippen molar-refractivity contribution < 1.29 is 23.3 Å². The minimum absolute atomic E-state index is 0.375. The van der Waals surface area contributed by atoms with Crippen LogP contribution in [0.3, 0.4) is 0 Å². The van der Waals surface area contributed by atoms with E-state index < -0.39 is 11.9 Å². The van der Waals surface area contributed by atoms with Crippen molar-refractivity contribution >= 4 is 24.0 Å². The van der Waals surface area contributed by atoms with Gasteiger partial charge in [0.2, 0.25) is 0 Å². The molecular formula is C12H15NO5S. The number of hydrogen-bond acceptors (Lipinski definition) is 6. The van der Waals surface area contributed by atoms with Gasteiger partial charge in [-0.1, -0.05) is 0 Å². The molecule has 0 bridgehead atoms. The quantitative estimate of drug-likeness (QED) is 0.603. The monoisotopic (exact) mass is 285 g/mol. The lowest BCUT2D eigenvalue weighted by atomic mass is 10.4. The van der Waals surface area contributed by atoms with Crippen LogP contribution in [-0.2, 0) is 26.1 Å². The molecule has 0 aliphatic rings. The number of carboxylic acids is 1. The molecule has 0 saturated carbocycles. The zero-order valence-electron chi connectivity index (χ0n) is 10.7. The standard InChI is InChI=1S/C12H15NO5S/c1-13(2)7-9-3-4-10(17-9)8-19-18-12(16)6-5-11(14)15/h3-6H,7-8H2,1-2H3,(H,14,15)/b6-5-. The molecular weight excluding hydrogens is 270 g/mol. The molecule has 0 amide bonds. The van der Waals surface area contributed by atoms with E-state index in [9.17, 15) is 9.59 Å². The van der Waals surface area contributed by atoms with Gasteiger partial charge in [-0.2, -0.15) is 0 Å². The highest BCUT2D eigenvalue weighted by Crippen LogP contribution is 2.17. The van der Waals surface area contributed by atoms with Gasteiger partial charge < -0.3 is 18.6 Å². The van der Waals surface area contributed by atoms with E-state index in [4.69, 9.17) is 13.7 Å². The van der Waals surface area contributed by atoms with Crippen molar-refractivity contribution in [2.45, 2.75) is 12.3 Å². The summed E-state index contributed by atoms with van der Waals surface area (Å²) in [6.45, 7) is 0.700.